The topological polar surface area (TPSA) is 21.3 Å². The van der Waals surface area contributed by atoms with Gasteiger partial charge in [0.25, 0.3) is 0 Å². The number of rotatable bonds is 1. The molecule has 5 heteroatoms. The largest absolute Gasteiger partial charge is 0.466 e. The zero-order chi connectivity index (χ0) is 37.9. The molecule has 0 spiro atoms. The molecular weight excluding hydrogens is 687 g/mol. The molecule has 55 heavy (non-hydrogen) atoms. The molecule has 0 bridgehead atoms. The first-order valence-corrected chi connectivity index (χ1v) is 20.5. The number of nitrogens with zero attached hydrogens (tertiary/aromatic N) is 2. The van der Waals surface area contributed by atoms with Crippen molar-refractivity contribution in [1.29, 1.82) is 0 Å². The summed E-state index contributed by atoms with van der Waals surface area (Å²) in [5.41, 5.74) is 15.9. The Labute approximate surface area is 327 Å². The van der Waals surface area contributed by atoms with Crippen LogP contribution in [0.2, 0.25) is 0 Å². The Kier molecular flexibility index (Phi) is 6.46. The molecule has 5 heterocycles. The number of furan rings is 1. The zero-order valence-electron chi connectivity index (χ0n) is 33.2. The van der Waals surface area contributed by atoms with Gasteiger partial charge in [0.2, 0.25) is 0 Å². The molecule has 11 rings (SSSR count). The highest BCUT2D eigenvalue weighted by atomic mass is 32.1. The maximum absolute atomic E-state index is 7.26. The summed E-state index contributed by atoms with van der Waals surface area (Å²) >= 11 is 1.89. The average Bonchev–Trinajstić information content (AvgIpc) is 3.81. The molecule has 0 N–H and O–H groups in total. The quantitative estimate of drug-likeness (QED) is 0.157. The third-order valence-electron chi connectivity index (χ3n) is 12.4. The number of hydrogen-bond acceptors (Lipinski definition) is 3. The fourth-order valence-corrected chi connectivity index (χ4v) is 10.6. The Balaban J connectivity index is 1.32. The van der Waals surface area contributed by atoms with E-state index in [9.17, 15) is 0 Å². The van der Waals surface area contributed by atoms with Crippen molar-refractivity contribution in [3.8, 4) is 16.8 Å². The van der Waals surface area contributed by atoms with Crippen molar-refractivity contribution in [3.05, 3.63) is 126 Å². The van der Waals surface area contributed by atoms with Crippen molar-refractivity contribution in [3.63, 3.8) is 0 Å². The van der Waals surface area contributed by atoms with Crippen LogP contribution in [0.4, 0.5) is 11.4 Å². The van der Waals surface area contributed by atoms with Crippen LogP contribution in [0.5, 0.6) is 0 Å². The lowest BCUT2D eigenvalue weighted by Crippen LogP contribution is -2.60. The van der Waals surface area contributed by atoms with Crippen molar-refractivity contribution < 1.29 is 4.42 Å². The lowest BCUT2D eigenvalue weighted by Gasteiger charge is -2.41. The molecule has 0 amide bonds. The van der Waals surface area contributed by atoms with Crippen LogP contribution in [0.1, 0.15) is 79.0 Å². The Morgan fingerprint density at radius 2 is 1.24 bits per heavy atom. The predicted molar refractivity (Wildman–Crippen MR) is 239 cm³/mol. The summed E-state index contributed by atoms with van der Waals surface area (Å²) in [6.07, 6.45) is 0. The predicted octanol–water partition coefficient (Wildman–Crippen LogP) is 13.0. The number of benzene rings is 6. The molecule has 0 saturated carbocycles. The molecule has 2 aliphatic heterocycles. The van der Waals surface area contributed by atoms with Crippen LogP contribution in [0, 0.1) is 0 Å². The first kappa shape index (κ1) is 33.1. The molecule has 3 aromatic heterocycles. The van der Waals surface area contributed by atoms with Crippen molar-refractivity contribution in [2.75, 3.05) is 4.81 Å². The molecular formula is C50H45BN2OS. The highest BCUT2D eigenvalue weighted by Crippen LogP contribution is 2.49. The van der Waals surface area contributed by atoms with Gasteiger partial charge >= 0.3 is 6.85 Å². The van der Waals surface area contributed by atoms with E-state index in [-0.39, 0.29) is 23.1 Å². The molecule has 0 radical (unpaired) electrons. The summed E-state index contributed by atoms with van der Waals surface area (Å²) in [5.74, 6) is 0. The van der Waals surface area contributed by atoms with Gasteiger partial charge in [0.15, 0.2) is 0 Å². The van der Waals surface area contributed by atoms with E-state index < -0.39 is 0 Å². The van der Waals surface area contributed by atoms with Gasteiger partial charge in [-0.2, -0.15) is 0 Å². The van der Waals surface area contributed by atoms with Gasteiger partial charge < -0.3 is 13.8 Å². The van der Waals surface area contributed by atoms with Gasteiger partial charge in [-0.05, 0) is 98.6 Å². The van der Waals surface area contributed by atoms with Gasteiger partial charge in [0.1, 0.15) is 11.2 Å². The Morgan fingerprint density at radius 1 is 0.545 bits per heavy atom. The Morgan fingerprint density at radius 3 is 1.98 bits per heavy atom. The van der Waals surface area contributed by atoms with E-state index in [0.29, 0.717) is 0 Å². The van der Waals surface area contributed by atoms with Crippen molar-refractivity contribution in [2.24, 2.45) is 0 Å². The summed E-state index contributed by atoms with van der Waals surface area (Å²) in [6, 6.07) is 41.9. The molecule has 3 nitrogen and oxygen atoms in total. The van der Waals surface area contributed by atoms with Crippen LogP contribution in [0.25, 0.3) is 69.8 Å². The maximum atomic E-state index is 7.26. The first-order valence-electron chi connectivity index (χ1n) is 19.7. The Hall–Kier alpha value is -5.26. The van der Waals surface area contributed by atoms with Crippen LogP contribution < -0.4 is 15.9 Å². The number of fused-ring (bicyclic) bond motifs is 13. The molecule has 0 unspecified atom stereocenters. The molecule has 6 aromatic carbocycles. The van der Waals surface area contributed by atoms with Gasteiger partial charge in [-0.3, -0.25) is 0 Å². The average molecular weight is 733 g/mol. The minimum atomic E-state index is -0.161. The van der Waals surface area contributed by atoms with Gasteiger partial charge in [0.05, 0.1) is 16.7 Å². The third kappa shape index (κ3) is 4.57. The van der Waals surface area contributed by atoms with Crippen molar-refractivity contribution >= 4 is 93.6 Å². The van der Waals surface area contributed by atoms with Gasteiger partial charge in [-0.15, -0.1) is 11.3 Å². The molecule has 0 atom stereocenters. The summed E-state index contributed by atoms with van der Waals surface area (Å²) in [4.78, 5) is 2.58. The number of aromatic nitrogens is 1. The van der Waals surface area contributed by atoms with Crippen LogP contribution >= 0.6 is 11.3 Å². The molecule has 9 aromatic rings. The highest BCUT2D eigenvalue weighted by molar-refractivity contribution is 7.25. The minimum Gasteiger partial charge on any atom is -0.466 e. The smallest absolute Gasteiger partial charge is 0.375 e. The maximum Gasteiger partial charge on any atom is 0.375 e. The van der Waals surface area contributed by atoms with E-state index in [1.807, 2.05) is 11.3 Å². The van der Waals surface area contributed by atoms with Gasteiger partial charge in [-0.1, -0.05) is 117 Å². The van der Waals surface area contributed by atoms with Crippen molar-refractivity contribution in [1.82, 2.24) is 4.57 Å². The zero-order valence-corrected chi connectivity index (χ0v) is 34.0. The van der Waals surface area contributed by atoms with Gasteiger partial charge in [0, 0.05) is 53.3 Å². The molecule has 0 aliphatic carbocycles. The number of thiophene rings is 1. The molecule has 0 saturated heterocycles. The third-order valence-corrected chi connectivity index (χ3v) is 13.6. The van der Waals surface area contributed by atoms with E-state index in [1.54, 1.807) is 0 Å². The van der Waals surface area contributed by atoms with Crippen molar-refractivity contribution in [2.45, 2.75) is 78.6 Å². The second kappa shape index (κ2) is 10.7. The lowest BCUT2D eigenvalue weighted by atomic mass is 9.46. The monoisotopic (exact) mass is 732 g/mol. The highest BCUT2D eigenvalue weighted by Gasteiger charge is 2.47. The molecule has 2 aliphatic rings. The first-order chi connectivity index (χ1) is 26.2. The number of hydrogen-bond donors (Lipinski definition) is 0. The summed E-state index contributed by atoms with van der Waals surface area (Å²) in [6.45, 7) is 20.6. The summed E-state index contributed by atoms with van der Waals surface area (Å²) in [7, 11) is 0. The van der Waals surface area contributed by atoms with Crippen LogP contribution in [0.15, 0.2) is 114 Å². The minimum absolute atomic E-state index is 0.00643. The van der Waals surface area contributed by atoms with Gasteiger partial charge in [-0.25, -0.2) is 0 Å². The normalized spacial score (nSPS) is 14.2. The number of anilines is 2. The van der Waals surface area contributed by atoms with Crippen LogP contribution in [-0.4, -0.2) is 11.4 Å². The second-order valence-electron chi connectivity index (χ2n) is 19.0. The molecule has 0 fully saturated rings. The molecule has 270 valence electrons. The van der Waals surface area contributed by atoms with E-state index in [4.69, 9.17) is 4.42 Å². The van der Waals surface area contributed by atoms with Crippen LogP contribution in [-0.2, 0) is 16.2 Å². The fraction of sp³-hybridized carbons (Fsp3) is 0.240. The van der Waals surface area contributed by atoms with E-state index in [1.165, 1.54) is 97.7 Å². The van der Waals surface area contributed by atoms with E-state index in [2.05, 4.69) is 181 Å². The fourth-order valence-electron chi connectivity index (χ4n) is 9.43. The second-order valence-corrected chi connectivity index (χ2v) is 20.1. The van der Waals surface area contributed by atoms with E-state index >= 15 is 0 Å². The standard InChI is InChI=1S/C50H45BN2OS/c1-48(2,3)28-14-18-31(19-15-28)53-39-22-16-29(49(4,5)6)24-35(39)33-20-21-34-36-27-43-37(32-12-10-11-13-42(32)55-43)26-40(36)52-45(34)44(33)51(53)47-46(52)38-25-30(50(7,8)9)17-23-41(38)54-47/h10-27H,1-9H3. The SMILES string of the molecule is CC(C)(C)c1ccc(N2B3c4oc5ccc(C(C)(C)C)cc5c4-n4c5cc6c(cc5c5ccc(c3c54)-c3cc(C(C)(C)C)ccc32)sc2ccccc26)cc1. The summed E-state index contributed by atoms with van der Waals surface area (Å²) < 4.78 is 12.5. The van der Waals surface area contributed by atoms with Crippen LogP contribution in [0.3, 0.4) is 0 Å². The summed E-state index contributed by atoms with van der Waals surface area (Å²) in [5, 5.41) is 6.39. The van der Waals surface area contributed by atoms with E-state index in [0.717, 1.165) is 11.2 Å². The Bertz CT molecular complexity index is 3100. The lowest BCUT2D eigenvalue weighted by molar-refractivity contribution is 0.590.